The van der Waals surface area contributed by atoms with Gasteiger partial charge in [0.25, 0.3) is 0 Å². The molecule has 0 aliphatic rings. The minimum Gasteiger partial charge on any atom is -0.409 e. The van der Waals surface area contributed by atoms with E-state index in [0.717, 1.165) is 5.56 Å². The van der Waals surface area contributed by atoms with Gasteiger partial charge in [-0.05, 0) is 11.6 Å². The van der Waals surface area contributed by atoms with Crippen LogP contribution in [0.5, 0.6) is 0 Å². The van der Waals surface area contributed by atoms with Gasteiger partial charge in [0.2, 0.25) is 0 Å². The number of oxime groups is 1. The first kappa shape index (κ1) is 14.0. The smallest absolute Gasteiger partial charge is 0.173 e. The first-order chi connectivity index (χ1) is 9.72. The van der Waals surface area contributed by atoms with E-state index in [1.54, 1.807) is 12.1 Å². The maximum atomic E-state index is 14.1. The van der Waals surface area contributed by atoms with Crippen molar-refractivity contribution in [2.24, 2.45) is 10.9 Å². The molecule has 0 spiro atoms. The summed E-state index contributed by atoms with van der Waals surface area (Å²) in [6, 6.07) is 14.7. The number of nitrogens with two attached hydrogens (primary N) is 1. The van der Waals surface area contributed by atoms with Crippen LogP contribution < -0.4 is 11.1 Å². The fourth-order valence-electron chi connectivity index (χ4n) is 1.91. The van der Waals surface area contributed by atoms with E-state index in [9.17, 15) is 4.39 Å². The van der Waals surface area contributed by atoms with Crippen LogP contribution in [0, 0.1) is 5.82 Å². The van der Waals surface area contributed by atoms with Crippen LogP contribution >= 0.6 is 0 Å². The SMILES string of the molecule is N/C(=N/O)c1cccc(CNCc2ccccc2)c1F. The number of rotatable bonds is 5. The van der Waals surface area contributed by atoms with Crippen molar-refractivity contribution in [3.8, 4) is 0 Å². The number of hydrogen-bond donors (Lipinski definition) is 3. The highest BCUT2D eigenvalue weighted by Crippen LogP contribution is 2.13. The maximum absolute atomic E-state index is 14.1. The summed E-state index contributed by atoms with van der Waals surface area (Å²) in [4.78, 5) is 0. The van der Waals surface area contributed by atoms with E-state index in [1.165, 1.54) is 6.07 Å². The van der Waals surface area contributed by atoms with E-state index in [1.807, 2.05) is 30.3 Å². The lowest BCUT2D eigenvalue weighted by Crippen LogP contribution is -2.18. The molecule has 0 unspecified atom stereocenters. The van der Waals surface area contributed by atoms with E-state index >= 15 is 0 Å². The number of nitrogens with one attached hydrogen (secondary N) is 1. The standard InChI is InChI=1S/C15H16FN3O/c16-14-12(7-4-8-13(14)15(17)19-20)10-18-9-11-5-2-1-3-6-11/h1-8,18,20H,9-10H2,(H2,17,19). The predicted molar refractivity (Wildman–Crippen MR) is 75.9 cm³/mol. The van der Waals surface area contributed by atoms with Crippen molar-refractivity contribution in [3.63, 3.8) is 0 Å². The zero-order chi connectivity index (χ0) is 14.4. The molecule has 0 aliphatic heterocycles. The van der Waals surface area contributed by atoms with Gasteiger partial charge in [-0.15, -0.1) is 0 Å². The molecule has 0 saturated heterocycles. The van der Waals surface area contributed by atoms with Crippen molar-refractivity contribution < 1.29 is 9.60 Å². The van der Waals surface area contributed by atoms with Crippen LogP contribution in [-0.4, -0.2) is 11.0 Å². The molecule has 0 aliphatic carbocycles. The highest BCUT2D eigenvalue weighted by molar-refractivity contribution is 5.97. The molecule has 2 aromatic rings. The second-order valence-corrected chi connectivity index (χ2v) is 4.35. The lowest BCUT2D eigenvalue weighted by atomic mass is 10.1. The molecule has 0 saturated carbocycles. The van der Waals surface area contributed by atoms with Crippen molar-refractivity contribution in [2.45, 2.75) is 13.1 Å². The molecular weight excluding hydrogens is 257 g/mol. The summed E-state index contributed by atoms with van der Waals surface area (Å²) >= 11 is 0. The molecular formula is C15H16FN3O. The zero-order valence-electron chi connectivity index (χ0n) is 10.9. The molecule has 0 amide bonds. The molecule has 20 heavy (non-hydrogen) atoms. The fourth-order valence-corrected chi connectivity index (χ4v) is 1.91. The van der Waals surface area contributed by atoms with Crippen molar-refractivity contribution in [1.29, 1.82) is 0 Å². The second kappa shape index (κ2) is 6.68. The van der Waals surface area contributed by atoms with Gasteiger partial charge < -0.3 is 16.3 Å². The summed E-state index contributed by atoms with van der Waals surface area (Å²) in [5, 5.41) is 14.6. The van der Waals surface area contributed by atoms with Crippen LogP contribution in [0.4, 0.5) is 4.39 Å². The Labute approximate surface area is 116 Å². The minimum absolute atomic E-state index is 0.103. The Kier molecular flexibility index (Phi) is 4.68. The number of amidine groups is 1. The Bertz CT molecular complexity index is 599. The Morgan fingerprint density at radius 2 is 1.85 bits per heavy atom. The third-order valence-electron chi connectivity index (χ3n) is 2.95. The summed E-state index contributed by atoms with van der Waals surface area (Å²) in [5.74, 6) is -0.698. The van der Waals surface area contributed by atoms with Crippen molar-refractivity contribution in [3.05, 3.63) is 71.0 Å². The van der Waals surface area contributed by atoms with Gasteiger partial charge in [-0.2, -0.15) is 0 Å². The summed E-state index contributed by atoms with van der Waals surface area (Å²) in [6.07, 6.45) is 0. The van der Waals surface area contributed by atoms with Crippen LogP contribution in [0.15, 0.2) is 53.7 Å². The molecule has 4 nitrogen and oxygen atoms in total. The van der Waals surface area contributed by atoms with Gasteiger partial charge in [0.05, 0.1) is 5.56 Å². The summed E-state index contributed by atoms with van der Waals surface area (Å²) in [5.41, 5.74) is 7.13. The van der Waals surface area contributed by atoms with Gasteiger partial charge in [0, 0.05) is 18.7 Å². The highest BCUT2D eigenvalue weighted by atomic mass is 19.1. The van der Waals surface area contributed by atoms with Gasteiger partial charge in [-0.25, -0.2) is 4.39 Å². The van der Waals surface area contributed by atoms with E-state index < -0.39 is 5.82 Å². The van der Waals surface area contributed by atoms with Crippen LogP contribution in [-0.2, 0) is 13.1 Å². The zero-order valence-corrected chi connectivity index (χ0v) is 10.9. The monoisotopic (exact) mass is 273 g/mol. The predicted octanol–water partition coefficient (Wildman–Crippen LogP) is 2.21. The van der Waals surface area contributed by atoms with E-state index in [4.69, 9.17) is 10.9 Å². The molecule has 0 bridgehead atoms. The Balaban J connectivity index is 2.03. The molecule has 4 N–H and O–H groups in total. The third-order valence-corrected chi connectivity index (χ3v) is 2.95. The van der Waals surface area contributed by atoms with Crippen LogP contribution in [0.1, 0.15) is 16.7 Å². The Morgan fingerprint density at radius 1 is 1.10 bits per heavy atom. The van der Waals surface area contributed by atoms with Gasteiger partial charge in [-0.3, -0.25) is 0 Å². The topological polar surface area (TPSA) is 70.6 Å². The summed E-state index contributed by atoms with van der Waals surface area (Å²) in [7, 11) is 0. The molecule has 2 aromatic carbocycles. The van der Waals surface area contributed by atoms with Gasteiger partial charge in [-0.1, -0.05) is 47.6 Å². The quantitative estimate of drug-likeness (QED) is 0.338. The molecule has 2 rings (SSSR count). The fraction of sp³-hybridized carbons (Fsp3) is 0.133. The van der Waals surface area contributed by atoms with E-state index in [-0.39, 0.29) is 11.4 Å². The van der Waals surface area contributed by atoms with Gasteiger partial charge in [0.1, 0.15) is 5.82 Å². The van der Waals surface area contributed by atoms with Crippen molar-refractivity contribution in [1.82, 2.24) is 5.32 Å². The second-order valence-electron chi connectivity index (χ2n) is 4.35. The van der Waals surface area contributed by atoms with E-state index in [2.05, 4.69) is 10.5 Å². The molecule has 104 valence electrons. The average molecular weight is 273 g/mol. The maximum Gasteiger partial charge on any atom is 0.173 e. The Morgan fingerprint density at radius 3 is 2.55 bits per heavy atom. The third kappa shape index (κ3) is 3.33. The van der Waals surface area contributed by atoms with Crippen molar-refractivity contribution in [2.75, 3.05) is 0 Å². The van der Waals surface area contributed by atoms with Gasteiger partial charge >= 0.3 is 0 Å². The summed E-state index contributed by atoms with van der Waals surface area (Å²) in [6.45, 7) is 1.02. The largest absolute Gasteiger partial charge is 0.409 e. The molecule has 0 fully saturated rings. The first-order valence-corrected chi connectivity index (χ1v) is 6.22. The number of benzene rings is 2. The lowest BCUT2D eigenvalue weighted by molar-refractivity contribution is 0.318. The van der Waals surface area contributed by atoms with Crippen LogP contribution in [0.2, 0.25) is 0 Å². The summed E-state index contributed by atoms with van der Waals surface area (Å²) < 4.78 is 14.1. The Hall–Kier alpha value is -2.40. The number of hydrogen-bond acceptors (Lipinski definition) is 3. The highest BCUT2D eigenvalue weighted by Gasteiger charge is 2.10. The molecule has 5 heteroatoms. The van der Waals surface area contributed by atoms with Crippen molar-refractivity contribution >= 4 is 5.84 Å². The number of halogens is 1. The van der Waals surface area contributed by atoms with Crippen LogP contribution in [0.25, 0.3) is 0 Å². The number of nitrogens with zero attached hydrogens (tertiary/aromatic N) is 1. The normalized spacial score (nSPS) is 11.6. The first-order valence-electron chi connectivity index (χ1n) is 6.22. The molecule has 0 atom stereocenters. The minimum atomic E-state index is -0.469. The average Bonchev–Trinajstić information content (AvgIpc) is 2.49. The van der Waals surface area contributed by atoms with E-state index in [0.29, 0.717) is 18.7 Å². The lowest BCUT2D eigenvalue weighted by Gasteiger charge is -2.09. The van der Waals surface area contributed by atoms with Gasteiger partial charge in [0.15, 0.2) is 5.84 Å². The molecule has 0 heterocycles. The molecule has 0 radical (unpaired) electrons. The van der Waals surface area contributed by atoms with Crippen LogP contribution in [0.3, 0.4) is 0 Å². The molecule has 0 aromatic heterocycles.